The summed E-state index contributed by atoms with van der Waals surface area (Å²) in [5.74, 6) is -0.0000172. The maximum Gasteiger partial charge on any atom is 0.306 e. The van der Waals surface area contributed by atoms with Crippen LogP contribution in [0.3, 0.4) is 0 Å². The molecule has 120 valence electrons. The lowest BCUT2D eigenvalue weighted by Gasteiger charge is -2.12. The number of unbranched alkanes of at least 4 members (excludes halogenated alkanes) is 9. The van der Waals surface area contributed by atoms with E-state index in [2.05, 4.69) is 13.8 Å². The zero-order chi connectivity index (χ0) is 15.1. The largest absolute Gasteiger partial charge is 0.463 e. The first-order chi connectivity index (χ1) is 9.70. The highest BCUT2D eigenvalue weighted by Gasteiger charge is 2.08. The van der Waals surface area contributed by atoms with Crippen LogP contribution in [0.2, 0.25) is 0 Å². The molecule has 20 heavy (non-hydrogen) atoms. The molecule has 1 unspecified atom stereocenters. The van der Waals surface area contributed by atoms with E-state index >= 15 is 0 Å². The molecule has 0 rings (SSSR count). The van der Waals surface area contributed by atoms with Crippen LogP contribution in [-0.2, 0) is 9.53 Å². The van der Waals surface area contributed by atoms with E-state index in [1.165, 1.54) is 64.2 Å². The predicted molar refractivity (Wildman–Crippen MR) is 86.9 cm³/mol. The predicted octanol–water partition coefficient (Wildman–Crippen LogP) is 6.03. The highest BCUT2D eigenvalue weighted by Crippen LogP contribution is 2.11. The number of hydrogen-bond donors (Lipinski definition) is 0. The van der Waals surface area contributed by atoms with Gasteiger partial charge in [-0.2, -0.15) is 0 Å². The zero-order valence-electron chi connectivity index (χ0n) is 14.1. The fourth-order valence-electron chi connectivity index (χ4n) is 2.43. The minimum Gasteiger partial charge on any atom is -0.463 e. The van der Waals surface area contributed by atoms with Crippen molar-refractivity contribution in [2.24, 2.45) is 0 Å². The van der Waals surface area contributed by atoms with E-state index in [0.717, 1.165) is 12.8 Å². The third-order valence-corrected chi connectivity index (χ3v) is 3.78. The summed E-state index contributed by atoms with van der Waals surface area (Å²) in [6.07, 6.45) is 15.5. The van der Waals surface area contributed by atoms with Crippen LogP contribution < -0.4 is 0 Å². The lowest BCUT2D eigenvalue weighted by molar-refractivity contribution is -0.148. The molecule has 0 radical (unpaired) electrons. The van der Waals surface area contributed by atoms with Crippen molar-refractivity contribution < 1.29 is 9.53 Å². The van der Waals surface area contributed by atoms with E-state index in [0.29, 0.717) is 6.42 Å². The lowest BCUT2D eigenvalue weighted by Crippen LogP contribution is -2.14. The summed E-state index contributed by atoms with van der Waals surface area (Å²) in [4.78, 5) is 11.6. The van der Waals surface area contributed by atoms with Crippen LogP contribution in [0, 0.1) is 0 Å². The van der Waals surface area contributed by atoms with E-state index in [-0.39, 0.29) is 12.1 Å². The Labute approximate surface area is 126 Å². The quantitative estimate of drug-likeness (QED) is 0.287. The fourth-order valence-corrected chi connectivity index (χ4v) is 2.43. The number of esters is 1. The summed E-state index contributed by atoms with van der Waals surface area (Å²) >= 11 is 0. The molecule has 0 amide bonds. The molecule has 0 aromatic heterocycles. The van der Waals surface area contributed by atoms with Crippen molar-refractivity contribution in [2.75, 3.05) is 0 Å². The minimum atomic E-state index is -0.0000172. The van der Waals surface area contributed by atoms with E-state index in [9.17, 15) is 4.79 Å². The van der Waals surface area contributed by atoms with E-state index in [1.54, 1.807) is 0 Å². The molecular weight excluding hydrogens is 248 g/mol. The van der Waals surface area contributed by atoms with Gasteiger partial charge in [0.05, 0.1) is 6.10 Å². The summed E-state index contributed by atoms with van der Waals surface area (Å²) in [6.45, 7) is 6.45. The zero-order valence-corrected chi connectivity index (χ0v) is 14.1. The standard InChI is InChI=1S/C18H36O2/c1-4-6-8-9-10-11-12-14-16-18(19)20-17(3)15-13-7-5-2/h17H,4-16H2,1-3H3. The summed E-state index contributed by atoms with van der Waals surface area (Å²) in [5.41, 5.74) is 0. The Morgan fingerprint density at radius 1 is 0.800 bits per heavy atom. The van der Waals surface area contributed by atoms with Crippen molar-refractivity contribution in [3.05, 3.63) is 0 Å². The first-order valence-electron chi connectivity index (χ1n) is 8.90. The minimum absolute atomic E-state index is 0.0000172. The second-order valence-corrected chi connectivity index (χ2v) is 6.02. The Morgan fingerprint density at radius 2 is 1.30 bits per heavy atom. The van der Waals surface area contributed by atoms with Gasteiger partial charge in [0, 0.05) is 6.42 Å². The molecule has 0 aromatic carbocycles. The molecule has 2 heteroatoms. The molecule has 0 spiro atoms. The van der Waals surface area contributed by atoms with Gasteiger partial charge in [-0.15, -0.1) is 0 Å². The molecule has 0 aromatic rings. The number of hydrogen-bond acceptors (Lipinski definition) is 2. The smallest absolute Gasteiger partial charge is 0.306 e. The van der Waals surface area contributed by atoms with Gasteiger partial charge in [-0.3, -0.25) is 4.79 Å². The Morgan fingerprint density at radius 3 is 1.90 bits per heavy atom. The van der Waals surface area contributed by atoms with Crippen molar-refractivity contribution in [3.8, 4) is 0 Å². The third-order valence-electron chi connectivity index (χ3n) is 3.78. The van der Waals surface area contributed by atoms with E-state index < -0.39 is 0 Å². The summed E-state index contributed by atoms with van der Waals surface area (Å²) < 4.78 is 5.42. The second-order valence-electron chi connectivity index (χ2n) is 6.02. The van der Waals surface area contributed by atoms with Crippen molar-refractivity contribution in [3.63, 3.8) is 0 Å². The molecule has 0 N–H and O–H groups in total. The number of rotatable bonds is 14. The van der Waals surface area contributed by atoms with Gasteiger partial charge >= 0.3 is 5.97 Å². The van der Waals surface area contributed by atoms with Gasteiger partial charge in [0.1, 0.15) is 0 Å². The molecule has 0 fully saturated rings. The molecule has 0 aliphatic carbocycles. The monoisotopic (exact) mass is 284 g/mol. The normalized spacial score (nSPS) is 12.3. The second kappa shape index (κ2) is 14.9. The van der Waals surface area contributed by atoms with E-state index in [4.69, 9.17) is 4.74 Å². The third kappa shape index (κ3) is 13.9. The average Bonchev–Trinajstić information content (AvgIpc) is 2.42. The topological polar surface area (TPSA) is 26.3 Å². The van der Waals surface area contributed by atoms with Gasteiger partial charge in [-0.1, -0.05) is 71.6 Å². The van der Waals surface area contributed by atoms with E-state index in [1.807, 2.05) is 6.92 Å². The molecule has 1 atom stereocenters. The van der Waals surface area contributed by atoms with Gasteiger partial charge in [0.15, 0.2) is 0 Å². The molecule has 2 nitrogen and oxygen atoms in total. The SMILES string of the molecule is CCCCCCCCCCC(=O)OC(C)CCCCC. The van der Waals surface area contributed by atoms with Crippen molar-refractivity contribution in [2.45, 2.75) is 110 Å². The molecule has 0 bridgehead atoms. The van der Waals surface area contributed by atoms with Crippen molar-refractivity contribution in [1.29, 1.82) is 0 Å². The van der Waals surface area contributed by atoms with Crippen LogP contribution in [0.5, 0.6) is 0 Å². The van der Waals surface area contributed by atoms with Gasteiger partial charge in [0.25, 0.3) is 0 Å². The molecular formula is C18H36O2. The van der Waals surface area contributed by atoms with Crippen LogP contribution in [0.15, 0.2) is 0 Å². The van der Waals surface area contributed by atoms with Gasteiger partial charge in [-0.25, -0.2) is 0 Å². The number of ether oxygens (including phenoxy) is 1. The fraction of sp³-hybridized carbons (Fsp3) is 0.944. The van der Waals surface area contributed by atoms with Gasteiger partial charge in [0.2, 0.25) is 0 Å². The molecule has 0 heterocycles. The summed E-state index contributed by atoms with van der Waals surface area (Å²) in [6, 6.07) is 0. The number of carbonyl (C=O) groups is 1. The molecule has 0 saturated carbocycles. The first-order valence-corrected chi connectivity index (χ1v) is 8.90. The Hall–Kier alpha value is -0.530. The van der Waals surface area contributed by atoms with Gasteiger partial charge < -0.3 is 4.74 Å². The summed E-state index contributed by atoms with van der Waals surface area (Å²) in [5, 5.41) is 0. The van der Waals surface area contributed by atoms with Crippen LogP contribution in [0.25, 0.3) is 0 Å². The molecule has 0 aliphatic rings. The summed E-state index contributed by atoms with van der Waals surface area (Å²) in [7, 11) is 0. The maximum absolute atomic E-state index is 11.6. The first kappa shape index (κ1) is 19.5. The average molecular weight is 284 g/mol. The Kier molecular flexibility index (Phi) is 14.5. The van der Waals surface area contributed by atoms with Crippen LogP contribution in [0.1, 0.15) is 104 Å². The highest BCUT2D eigenvalue weighted by molar-refractivity contribution is 5.69. The highest BCUT2D eigenvalue weighted by atomic mass is 16.5. The van der Waals surface area contributed by atoms with Crippen molar-refractivity contribution >= 4 is 5.97 Å². The Balaban J connectivity index is 3.31. The maximum atomic E-state index is 11.6. The molecule has 0 saturated heterocycles. The Bertz CT molecular complexity index is 213. The van der Waals surface area contributed by atoms with Gasteiger partial charge in [-0.05, 0) is 26.2 Å². The van der Waals surface area contributed by atoms with Crippen molar-refractivity contribution in [1.82, 2.24) is 0 Å². The molecule has 0 aliphatic heterocycles. The van der Waals surface area contributed by atoms with Crippen LogP contribution in [-0.4, -0.2) is 12.1 Å². The van der Waals surface area contributed by atoms with Crippen LogP contribution >= 0.6 is 0 Å². The number of carbonyl (C=O) groups excluding carboxylic acids is 1. The van der Waals surface area contributed by atoms with Crippen LogP contribution in [0.4, 0.5) is 0 Å². The lowest BCUT2D eigenvalue weighted by atomic mass is 10.1.